The van der Waals surface area contributed by atoms with E-state index >= 15 is 0 Å². The first kappa shape index (κ1) is 11.7. The lowest BCUT2D eigenvalue weighted by Gasteiger charge is -2.18. The molecule has 88 valence electrons. The number of nitrogens with zero attached hydrogens (tertiary/aromatic N) is 3. The van der Waals surface area contributed by atoms with Gasteiger partial charge in [0.25, 0.3) is 0 Å². The SMILES string of the molecule is Cc1cnnc(-c2ccc(C(C)(C)C)cc2)n1. The van der Waals surface area contributed by atoms with Crippen LogP contribution in [-0.2, 0) is 5.41 Å². The van der Waals surface area contributed by atoms with Gasteiger partial charge in [0, 0.05) is 5.56 Å². The number of benzene rings is 1. The minimum Gasteiger partial charge on any atom is -0.230 e. The Morgan fingerprint density at radius 1 is 1.00 bits per heavy atom. The number of aryl methyl sites for hydroxylation is 1. The minimum absolute atomic E-state index is 0.171. The molecule has 0 saturated carbocycles. The van der Waals surface area contributed by atoms with Crippen LogP contribution < -0.4 is 0 Å². The second-order valence-corrected chi connectivity index (χ2v) is 5.25. The van der Waals surface area contributed by atoms with E-state index in [1.54, 1.807) is 6.20 Å². The second-order valence-electron chi connectivity index (χ2n) is 5.25. The number of rotatable bonds is 1. The van der Waals surface area contributed by atoms with E-state index in [0.29, 0.717) is 5.82 Å². The fourth-order valence-corrected chi connectivity index (χ4v) is 1.63. The summed E-state index contributed by atoms with van der Waals surface area (Å²) in [7, 11) is 0. The Bertz CT molecular complexity index is 510. The van der Waals surface area contributed by atoms with Crippen LogP contribution in [0.3, 0.4) is 0 Å². The normalized spacial score (nSPS) is 11.5. The Labute approximate surface area is 102 Å². The van der Waals surface area contributed by atoms with Crippen molar-refractivity contribution in [3.63, 3.8) is 0 Å². The van der Waals surface area contributed by atoms with Crippen LogP contribution in [0, 0.1) is 6.92 Å². The number of hydrogen-bond acceptors (Lipinski definition) is 3. The quantitative estimate of drug-likeness (QED) is 0.751. The van der Waals surface area contributed by atoms with Gasteiger partial charge < -0.3 is 0 Å². The van der Waals surface area contributed by atoms with Crippen molar-refractivity contribution in [3.8, 4) is 11.4 Å². The van der Waals surface area contributed by atoms with Gasteiger partial charge in [-0.1, -0.05) is 45.0 Å². The first-order valence-electron chi connectivity index (χ1n) is 5.74. The lowest BCUT2D eigenvalue weighted by Crippen LogP contribution is -2.10. The molecule has 0 aliphatic carbocycles. The van der Waals surface area contributed by atoms with Gasteiger partial charge in [0.1, 0.15) is 0 Å². The molecule has 0 bridgehead atoms. The Morgan fingerprint density at radius 2 is 1.65 bits per heavy atom. The van der Waals surface area contributed by atoms with Crippen LogP contribution in [0.5, 0.6) is 0 Å². The summed E-state index contributed by atoms with van der Waals surface area (Å²) >= 11 is 0. The second kappa shape index (κ2) is 4.24. The predicted octanol–water partition coefficient (Wildman–Crippen LogP) is 3.14. The summed E-state index contributed by atoms with van der Waals surface area (Å²) in [5.41, 5.74) is 3.37. The Morgan fingerprint density at radius 3 is 2.18 bits per heavy atom. The largest absolute Gasteiger partial charge is 0.230 e. The third kappa shape index (κ3) is 2.67. The molecule has 0 unspecified atom stereocenters. The summed E-state index contributed by atoms with van der Waals surface area (Å²) in [5.74, 6) is 0.686. The molecule has 3 heteroatoms. The zero-order valence-electron chi connectivity index (χ0n) is 10.7. The van der Waals surface area contributed by atoms with Crippen molar-refractivity contribution in [1.29, 1.82) is 0 Å². The zero-order valence-corrected chi connectivity index (χ0v) is 10.7. The topological polar surface area (TPSA) is 38.7 Å². The molecule has 0 radical (unpaired) electrons. The van der Waals surface area contributed by atoms with Crippen LogP contribution >= 0.6 is 0 Å². The van der Waals surface area contributed by atoms with Gasteiger partial charge in [0.05, 0.1) is 11.9 Å². The van der Waals surface area contributed by atoms with Crippen molar-refractivity contribution in [2.45, 2.75) is 33.1 Å². The average Bonchev–Trinajstić information content (AvgIpc) is 2.28. The van der Waals surface area contributed by atoms with Crippen LogP contribution in [0.2, 0.25) is 0 Å². The lowest BCUT2D eigenvalue weighted by atomic mass is 9.87. The van der Waals surface area contributed by atoms with Gasteiger partial charge in [-0.2, -0.15) is 5.10 Å². The maximum atomic E-state index is 4.36. The molecule has 0 N–H and O–H groups in total. The van der Waals surface area contributed by atoms with Crippen molar-refractivity contribution in [2.24, 2.45) is 0 Å². The number of aromatic nitrogens is 3. The molecule has 0 aliphatic rings. The third-order valence-corrected chi connectivity index (χ3v) is 2.69. The van der Waals surface area contributed by atoms with Crippen LogP contribution in [0.4, 0.5) is 0 Å². The molecule has 17 heavy (non-hydrogen) atoms. The first-order valence-corrected chi connectivity index (χ1v) is 5.74. The van der Waals surface area contributed by atoms with E-state index in [2.05, 4.69) is 60.2 Å². The molecule has 0 atom stereocenters. The highest BCUT2D eigenvalue weighted by Gasteiger charge is 2.13. The van der Waals surface area contributed by atoms with Gasteiger partial charge in [0.2, 0.25) is 0 Å². The zero-order chi connectivity index (χ0) is 12.5. The van der Waals surface area contributed by atoms with E-state index in [-0.39, 0.29) is 5.41 Å². The van der Waals surface area contributed by atoms with Crippen molar-refractivity contribution in [3.05, 3.63) is 41.7 Å². The predicted molar refractivity (Wildman–Crippen MR) is 68.7 cm³/mol. The Hall–Kier alpha value is -1.77. The van der Waals surface area contributed by atoms with Crippen LogP contribution in [0.25, 0.3) is 11.4 Å². The molecule has 1 heterocycles. The summed E-state index contributed by atoms with van der Waals surface area (Å²) in [5, 5.41) is 7.96. The highest BCUT2D eigenvalue weighted by molar-refractivity contribution is 5.55. The molecule has 2 rings (SSSR count). The smallest absolute Gasteiger partial charge is 0.181 e. The van der Waals surface area contributed by atoms with Crippen LogP contribution in [-0.4, -0.2) is 15.2 Å². The van der Waals surface area contributed by atoms with Gasteiger partial charge >= 0.3 is 0 Å². The van der Waals surface area contributed by atoms with E-state index < -0.39 is 0 Å². The first-order chi connectivity index (χ1) is 7.97. The Kier molecular flexibility index (Phi) is 2.92. The molecule has 1 aromatic carbocycles. The van der Waals surface area contributed by atoms with Crippen molar-refractivity contribution in [2.75, 3.05) is 0 Å². The summed E-state index contributed by atoms with van der Waals surface area (Å²) in [6.45, 7) is 8.52. The van der Waals surface area contributed by atoms with Crippen LogP contribution in [0.15, 0.2) is 30.5 Å². The van der Waals surface area contributed by atoms with E-state index in [9.17, 15) is 0 Å². The van der Waals surface area contributed by atoms with Gasteiger partial charge in [-0.15, -0.1) is 5.10 Å². The van der Waals surface area contributed by atoms with E-state index in [1.807, 2.05) is 6.92 Å². The molecule has 0 amide bonds. The fourth-order valence-electron chi connectivity index (χ4n) is 1.63. The summed E-state index contributed by atoms with van der Waals surface area (Å²) < 4.78 is 0. The van der Waals surface area contributed by atoms with Crippen molar-refractivity contribution >= 4 is 0 Å². The molecule has 0 aliphatic heterocycles. The van der Waals surface area contributed by atoms with Crippen LogP contribution in [0.1, 0.15) is 32.0 Å². The average molecular weight is 227 g/mol. The lowest BCUT2D eigenvalue weighted by molar-refractivity contribution is 0.590. The highest BCUT2D eigenvalue weighted by Crippen LogP contribution is 2.24. The molecular formula is C14H17N3. The molecule has 0 fully saturated rings. The molecule has 0 saturated heterocycles. The molecule has 3 nitrogen and oxygen atoms in total. The fraction of sp³-hybridized carbons (Fsp3) is 0.357. The Balaban J connectivity index is 2.36. The standard InChI is InChI=1S/C14H17N3/c1-10-9-15-17-13(16-10)11-5-7-12(8-6-11)14(2,3)4/h5-9H,1-4H3. The van der Waals surface area contributed by atoms with E-state index in [1.165, 1.54) is 5.56 Å². The van der Waals surface area contributed by atoms with Gasteiger partial charge in [-0.05, 0) is 17.9 Å². The number of hydrogen-bond donors (Lipinski definition) is 0. The highest BCUT2D eigenvalue weighted by atomic mass is 15.1. The van der Waals surface area contributed by atoms with Crippen molar-refractivity contribution < 1.29 is 0 Å². The maximum absolute atomic E-state index is 4.36. The van der Waals surface area contributed by atoms with Gasteiger partial charge in [-0.25, -0.2) is 4.98 Å². The van der Waals surface area contributed by atoms with E-state index in [4.69, 9.17) is 0 Å². The maximum Gasteiger partial charge on any atom is 0.181 e. The van der Waals surface area contributed by atoms with Crippen molar-refractivity contribution in [1.82, 2.24) is 15.2 Å². The van der Waals surface area contributed by atoms with Gasteiger partial charge in [-0.3, -0.25) is 0 Å². The molecule has 1 aromatic heterocycles. The third-order valence-electron chi connectivity index (χ3n) is 2.69. The molecular weight excluding hydrogens is 210 g/mol. The minimum atomic E-state index is 0.171. The molecule has 2 aromatic rings. The molecule has 0 spiro atoms. The summed E-state index contributed by atoms with van der Waals surface area (Å²) in [4.78, 5) is 4.36. The monoisotopic (exact) mass is 227 g/mol. The van der Waals surface area contributed by atoms with Gasteiger partial charge in [0.15, 0.2) is 5.82 Å². The summed E-state index contributed by atoms with van der Waals surface area (Å²) in [6.07, 6.45) is 1.66. The van der Waals surface area contributed by atoms with E-state index in [0.717, 1.165) is 11.3 Å². The summed E-state index contributed by atoms with van der Waals surface area (Å²) in [6, 6.07) is 8.36.